The van der Waals surface area contributed by atoms with E-state index in [0.29, 0.717) is 19.6 Å². The van der Waals surface area contributed by atoms with Crippen molar-refractivity contribution in [3.8, 4) is 0 Å². The molecule has 1 amide bonds. The lowest BCUT2D eigenvalue weighted by molar-refractivity contribution is -0.132. The molecule has 4 nitrogen and oxygen atoms in total. The maximum atomic E-state index is 11.6. The maximum Gasteiger partial charge on any atom is 0.224 e. The van der Waals surface area contributed by atoms with Gasteiger partial charge < -0.3 is 14.4 Å². The molecule has 0 aromatic rings. The lowest BCUT2D eigenvalue weighted by atomic mass is 10.2. The van der Waals surface area contributed by atoms with Gasteiger partial charge in [-0.2, -0.15) is 0 Å². The van der Waals surface area contributed by atoms with Gasteiger partial charge >= 0.3 is 0 Å². The highest BCUT2D eigenvalue weighted by Crippen LogP contribution is 2.11. The summed E-state index contributed by atoms with van der Waals surface area (Å²) < 4.78 is 10.9. The molecule has 0 N–H and O–H groups in total. The molecular weight excluding hydrogens is 206 g/mol. The molecular formula is C12H23NO3. The van der Waals surface area contributed by atoms with Crippen molar-refractivity contribution in [2.75, 3.05) is 32.9 Å². The summed E-state index contributed by atoms with van der Waals surface area (Å²) in [7, 11) is 0. The van der Waals surface area contributed by atoms with E-state index >= 15 is 0 Å². The van der Waals surface area contributed by atoms with Crippen molar-refractivity contribution in [3.63, 3.8) is 0 Å². The van der Waals surface area contributed by atoms with Gasteiger partial charge in [0.2, 0.25) is 5.91 Å². The lowest BCUT2D eigenvalue weighted by Gasteiger charge is -2.18. The Morgan fingerprint density at radius 1 is 1.44 bits per heavy atom. The number of ether oxygens (including phenoxy) is 2. The number of amides is 1. The van der Waals surface area contributed by atoms with E-state index in [0.717, 1.165) is 32.5 Å². The van der Waals surface area contributed by atoms with Gasteiger partial charge in [0, 0.05) is 19.7 Å². The van der Waals surface area contributed by atoms with Crippen LogP contribution in [0.25, 0.3) is 0 Å². The highest BCUT2D eigenvalue weighted by atomic mass is 16.5. The zero-order chi connectivity index (χ0) is 11.8. The summed E-state index contributed by atoms with van der Waals surface area (Å²) in [4.78, 5) is 13.4. The van der Waals surface area contributed by atoms with Crippen LogP contribution in [0.4, 0.5) is 0 Å². The van der Waals surface area contributed by atoms with Crippen molar-refractivity contribution < 1.29 is 14.3 Å². The Hall–Kier alpha value is -0.610. The molecule has 1 rings (SSSR count). The largest absolute Gasteiger partial charge is 0.378 e. The number of carbonyl (C=O) groups excluding carboxylic acids is 1. The summed E-state index contributed by atoms with van der Waals surface area (Å²) in [6.07, 6.45) is 2.95. The summed E-state index contributed by atoms with van der Waals surface area (Å²) in [5.74, 6) is 0.178. The van der Waals surface area contributed by atoms with E-state index in [4.69, 9.17) is 9.47 Å². The predicted molar refractivity (Wildman–Crippen MR) is 62.3 cm³/mol. The van der Waals surface area contributed by atoms with Crippen LogP contribution >= 0.6 is 0 Å². The quantitative estimate of drug-likeness (QED) is 0.620. The van der Waals surface area contributed by atoms with Crippen LogP contribution in [0, 0.1) is 0 Å². The topological polar surface area (TPSA) is 38.8 Å². The smallest absolute Gasteiger partial charge is 0.224 e. The van der Waals surface area contributed by atoms with Gasteiger partial charge in [0.05, 0.1) is 25.7 Å². The van der Waals surface area contributed by atoms with Gasteiger partial charge in [0.1, 0.15) is 0 Å². The van der Waals surface area contributed by atoms with Crippen LogP contribution in [-0.2, 0) is 14.3 Å². The van der Waals surface area contributed by atoms with Crippen LogP contribution in [0.5, 0.6) is 0 Å². The molecule has 0 bridgehead atoms. The van der Waals surface area contributed by atoms with Gasteiger partial charge in [-0.05, 0) is 26.7 Å². The molecule has 1 aliphatic rings. The first kappa shape index (κ1) is 13.5. The molecule has 0 spiro atoms. The molecule has 1 heterocycles. The van der Waals surface area contributed by atoms with E-state index in [9.17, 15) is 4.79 Å². The zero-order valence-electron chi connectivity index (χ0n) is 10.4. The second kappa shape index (κ2) is 7.63. The Balaban J connectivity index is 2.03. The minimum Gasteiger partial charge on any atom is -0.378 e. The van der Waals surface area contributed by atoms with Gasteiger partial charge in [0.15, 0.2) is 0 Å². The fourth-order valence-corrected chi connectivity index (χ4v) is 1.88. The first-order valence-electron chi connectivity index (χ1n) is 6.25. The molecule has 4 heteroatoms. The number of carbonyl (C=O) groups is 1. The Morgan fingerprint density at radius 2 is 2.19 bits per heavy atom. The van der Waals surface area contributed by atoms with E-state index in [1.165, 1.54) is 0 Å². The van der Waals surface area contributed by atoms with Crippen LogP contribution in [0.3, 0.4) is 0 Å². The molecule has 94 valence electrons. The molecule has 1 atom stereocenters. The number of nitrogens with zero attached hydrogens (tertiary/aromatic N) is 1. The Labute approximate surface area is 97.9 Å². The summed E-state index contributed by atoms with van der Waals surface area (Å²) in [5.41, 5.74) is 0. The monoisotopic (exact) mass is 229 g/mol. The van der Waals surface area contributed by atoms with E-state index in [1.54, 1.807) is 0 Å². The van der Waals surface area contributed by atoms with Crippen LogP contribution in [0.15, 0.2) is 0 Å². The molecule has 0 unspecified atom stereocenters. The fourth-order valence-electron chi connectivity index (χ4n) is 1.88. The minimum absolute atomic E-state index is 0.178. The lowest BCUT2D eigenvalue weighted by Crippen LogP contribution is -2.31. The standard InChI is InChI=1S/C12H23NO3/c1-3-13(4-2)12(14)7-9-15-10-11-6-5-8-16-11/h11H,3-10H2,1-2H3/t11-/m1/s1. The Kier molecular flexibility index (Phi) is 6.42. The first-order valence-corrected chi connectivity index (χ1v) is 6.25. The molecule has 0 aromatic heterocycles. The second-order valence-electron chi connectivity index (χ2n) is 4.03. The number of rotatable bonds is 7. The molecule has 16 heavy (non-hydrogen) atoms. The van der Waals surface area contributed by atoms with Crippen LogP contribution < -0.4 is 0 Å². The first-order chi connectivity index (χ1) is 7.77. The van der Waals surface area contributed by atoms with E-state index in [-0.39, 0.29) is 12.0 Å². The third kappa shape index (κ3) is 4.49. The van der Waals surface area contributed by atoms with Crippen molar-refractivity contribution in [2.45, 2.75) is 39.2 Å². The average Bonchev–Trinajstić information content (AvgIpc) is 2.79. The summed E-state index contributed by atoms with van der Waals surface area (Å²) in [6, 6.07) is 0. The number of hydrogen-bond donors (Lipinski definition) is 0. The Bertz CT molecular complexity index is 198. The summed E-state index contributed by atoms with van der Waals surface area (Å²) in [5, 5.41) is 0. The average molecular weight is 229 g/mol. The van der Waals surface area contributed by atoms with Gasteiger partial charge in [-0.15, -0.1) is 0 Å². The molecule has 1 saturated heterocycles. The maximum absolute atomic E-state index is 11.6. The van der Waals surface area contributed by atoms with Crippen LogP contribution in [-0.4, -0.2) is 49.8 Å². The summed E-state index contributed by atoms with van der Waals surface area (Å²) >= 11 is 0. The van der Waals surface area contributed by atoms with Crippen molar-refractivity contribution >= 4 is 5.91 Å². The second-order valence-corrected chi connectivity index (χ2v) is 4.03. The van der Waals surface area contributed by atoms with Crippen LogP contribution in [0.2, 0.25) is 0 Å². The van der Waals surface area contributed by atoms with E-state index in [2.05, 4.69) is 0 Å². The molecule has 0 aromatic carbocycles. The van der Waals surface area contributed by atoms with Gasteiger partial charge in [0.25, 0.3) is 0 Å². The molecule has 0 aliphatic carbocycles. The third-order valence-corrected chi connectivity index (χ3v) is 2.90. The van der Waals surface area contributed by atoms with Crippen molar-refractivity contribution in [1.82, 2.24) is 4.90 Å². The predicted octanol–water partition coefficient (Wildman–Crippen LogP) is 1.44. The minimum atomic E-state index is 0.178. The fraction of sp³-hybridized carbons (Fsp3) is 0.917. The van der Waals surface area contributed by atoms with Crippen molar-refractivity contribution in [2.24, 2.45) is 0 Å². The van der Waals surface area contributed by atoms with Gasteiger partial charge in [-0.1, -0.05) is 0 Å². The van der Waals surface area contributed by atoms with Gasteiger partial charge in [-0.25, -0.2) is 0 Å². The zero-order valence-corrected chi connectivity index (χ0v) is 10.4. The van der Waals surface area contributed by atoms with Crippen molar-refractivity contribution in [3.05, 3.63) is 0 Å². The highest BCUT2D eigenvalue weighted by molar-refractivity contribution is 5.76. The SMILES string of the molecule is CCN(CC)C(=O)CCOC[C@H]1CCCO1. The molecule has 1 aliphatic heterocycles. The molecule has 1 fully saturated rings. The highest BCUT2D eigenvalue weighted by Gasteiger charge is 2.15. The van der Waals surface area contributed by atoms with Gasteiger partial charge in [-0.3, -0.25) is 4.79 Å². The third-order valence-electron chi connectivity index (χ3n) is 2.90. The van der Waals surface area contributed by atoms with E-state index in [1.807, 2.05) is 18.7 Å². The van der Waals surface area contributed by atoms with Crippen LogP contribution in [0.1, 0.15) is 33.1 Å². The van der Waals surface area contributed by atoms with Crippen molar-refractivity contribution in [1.29, 1.82) is 0 Å². The summed E-state index contributed by atoms with van der Waals surface area (Å²) in [6.45, 7) is 7.54. The molecule has 0 saturated carbocycles. The molecule has 0 radical (unpaired) electrons. The normalized spacial score (nSPS) is 20.0. The number of hydrogen-bond acceptors (Lipinski definition) is 3. The van der Waals surface area contributed by atoms with E-state index < -0.39 is 0 Å². The Morgan fingerprint density at radius 3 is 2.75 bits per heavy atom.